The van der Waals surface area contributed by atoms with Gasteiger partial charge in [0.05, 0.1) is 4.92 Å². The fraction of sp³-hybridized carbons (Fsp3) is 0.333. The van der Waals surface area contributed by atoms with Crippen molar-refractivity contribution < 1.29 is 24.0 Å². The Morgan fingerprint density at radius 1 is 1.18 bits per heavy atom. The van der Waals surface area contributed by atoms with Crippen LogP contribution in [0, 0.1) is 10.1 Å². The summed E-state index contributed by atoms with van der Waals surface area (Å²) < 4.78 is 10.9. The number of carbonyl (C=O) groups excluding carboxylic acids is 2. The molecular weight excluding hydrogens is 426 g/mol. The number of aromatic nitrogens is 1. The van der Waals surface area contributed by atoms with Gasteiger partial charge in [0.25, 0.3) is 5.69 Å². The van der Waals surface area contributed by atoms with Crippen LogP contribution in [0.3, 0.4) is 0 Å². The van der Waals surface area contributed by atoms with Crippen molar-refractivity contribution in [2.24, 2.45) is 0 Å². The Labute approximate surface area is 190 Å². The first kappa shape index (κ1) is 22.3. The largest absolute Gasteiger partial charge is 0.459 e. The highest BCUT2D eigenvalue weighted by atomic mass is 16.6. The average Bonchev–Trinajstić information content (AvgIpc) is 3.30. The SMILES string of the molecule is CC(C)(C)OC(=O)NC1(C(=O)OCc2ccc([N+](=O)[O-])cc2)CC1c1c[nH]c2ccccc12. The Hall–Kier alpha value is -3.88. The molecule has 1 aromatic heterocycles. The predicted molar refractivity (Wildman–Crippen MR) is 121 cm³/mol. The van der Waals surface area contributed by atoms with Crippen molar-refractivity contribution in [2.75, 3.05) is 0 Å². The summed E-state index contributed by atoms with van der Waals surface area (Å²) in [5.41, 5.74) is 0.423. The Bertz CT molecular complexity index is 1210. The van der Waals surface area contributed by atoms with E-state index >= 15 is 0 Å². The zero-order chi connectivity index (χ0) is 23.8. The van der Waals surface area contributed by atoms with Gasteiger partial charge in [0.2, 0.25) is 0 Å². The van der Waals surface area contributed by atoms with E-state index < -0.39 is 28.1 Å². The second kappa shape index (κ2) is 8.23. The minimum atomic E-state index is -1.26. The van der Waals surface area contributed by atoms with E-state index in [1.807, 2.05) is 30.5 Å². The molecule has 1 saturated carbocycles. The number of hydrogen-bond donors (Lipinski definition) is 2. The number of aromatic amines is 1. The molecule has 0 bridgehead atoms. The van der Waals surface area contributed by atoms with Crippen molar-refractivity contribution in [3.05, 3.63) is 76.0 Å². The molecule has 0 aliphatic heterocycles. The van der Waals surface area contributed by atoms with Crippen LogP contribution in [-0.4, -0.2) is 33.1 Å². The molecule has 2 N–H and O–H groups in total. The van der Waals surface area contributed by atoms with Crippen LogP contribution in [-0.2, 0) is 20.9 Å². The average molecular weight is 451 g/mol. The maximum absolute atomic E-state index is 13.2. The number of nitro groups is 1. The summed E-state index contributed by atoms with van der Waals surface area (Å²) >= 11 is 0. The number of non-ortho nitro benzene ring substituents is 1. The molecule has 4 rings (SSSR count). The lowest BCUT2D eigenvalue weighted by molar-refractivity contribution is -0.384. The van der Waals surface area contributed by atoms with Crippen LogP contribution < -0.4 is 5.32 Å². The molecule has 9 heteroatoms. The van der Waals surface area contributed by atoms with Gasteiger partial charge in [-0.05, 0) is 56.5 Å². The molecule has 2 aromatic carbocycles. The first-order valence-corrected chi connectivity index (χ1v) is 10.6. The molecule has 1 fully saturated rings. The van der Waals surface area contributed by atoms with Crippen LogP contribution in [0.1, 0.15) is 44.2 Å². The lowest BCUT2D eigenvalue weighted by Gasteiger charge is -2.23. The monoisotopic (exact) mass is 451 g/mol. The summed E-state index contributed by atoms with van der Waals surface area (Å²) in [5.74, 6) is -0.868. The molecule has 3 aromatic rings. The van der Waals surface area contributed by atoms with E-state index in [0.29, 0.717) is 12.0 Å². The molecule has 172 valence electrons. The number of amides is 1. The number of ether oxygens (including phenoxy) is 2. The summed E-state index contributed by atoms with van der Waals surface area (Å²) in [4.78, 5) is 39.3. The smallest absolute Gasteiger partial charge is 0.408 e. The second-order valence-corrected chi connectivity index (χ2v) is 9.14. The fourth-order valence-electron chi connectivity index (χ4n) is 3.91. The molecule has 2 atom stereocenters. The lowest BCUT2D eigenvalue weighted by Crippen LogP contribution is -2.47. The highest BCUT2D eigenvalue weighted by Gasteiger charge is 2.64. The molecule has 1 aliphatic rings. The van der Waals surface area contributed by atoms with Crippen LogP contribution in [0.25, 0.3) is 10.9 Å². The Morgan fingerprint density at radius 3 is 2.55 bits per heavy atom. The van der Waals surface area contributed by atoms with Gasteiger partial charge in [0.15, 0.2) is 0 Å². The molecule has 33 heavy (non-hydrogen) atoms. The maximum Gasteiger partial charge on any atom is 0.408 e. The van der Waals surface area contributed by atoms with Gasteiger partial charge in [0.1, 0.15) is 17.7 Å². The van der Waals surface area contributed by atoms with Gasteiger partial charge in [-0.25, -0.2) is 9.59 Å². The van der Waals surface area contributed by atoms with Gasteiger partial charge in [-0.15, -0.1) is 0 Å². The third-order valence-electron chi connectivity index (χ3n) is 5.56. The molecule has 1 amide bonds. The molecule has 9 nitrogen and oxygen atoms in total. The Morgan fingerprint density at radius 2 is 1.88 bits per heavy atom. The predicted octanol–water partition coefficient (Wildman–Crippen LogP) is 4.57. The number of nitro benzene ring substituents is 1. The lowest BCUT2D eigenvalue weighted by atomic mass is 10.0. The molecule has 2 unspecified atom stereocenters. The van der Waals surface area contributed by atoms with Crippen molar-refractivity contribution >= 4 is 28.7 Å². The Kier molecular flexibility index (Phi) is 5.57. The van der Waals surface area contributed by atoms with E-state index in [-0.39, 0.29) is 18.2 Å². The zero-order valence-corrected chi connectivity index (χ0v) is 18.6. The number of carbonyl (C=O) groups is 2. The fourth-order valence-corrected chi connectivity index (χ4v) is 3.91. The van der Waals surface area contributed by atoms with Crippen molar-refractivity contribution in [1.29, 1.82) is 0 Å². The van der Waals surface area contributed by atoms with E-state index in [0.717, 1.165) is 16.5 Å². The number of nitrogens with zero attached hydrogens (tertiary/aromatic N) is 1. The number of hydrogen-bond acceptors (Lipinski definition) is 6. The van der Waals surface area contributed by atoms with Crippen LogP contribution in [0.2, 0.25) is 0 Å². The number of rotatable bonds is 6. The molecule has 0 saturated heterocycles. The van der Waals surface area contributed by atoms with E-state index in [1.54, 1.807) is 20.8 Å². The summed E-state index contributed by atoms with van der Waals surface area (Å²) in [7, 11) is 0. The van der Waals surface area contributed by atoms with Crippen molar-refractivity contribution in [1.82, 2.24) is 10.3 Å². The second-order valence-electron chi connectivity index (χ2n) is 9.14. The van der Waals surface area contributed by atoms with E-state index in [4.69, 9.17) is 9.47 Å². The third-order valence-corrected chi connectivity index (χ3v) is 5.56. The minimum Gasteiger partial charge on any atom is -0.459 e. The molecule has 0 spiro atoms. The number of H-pyrrole nitrogens is 1. The topological polar surface area (TPSA) is 124 Å². The number of alkyl carbamates (subject to hydrolysis) is 1. The highest BCUT2D eigenvalue weighted by Crippen LogP contribution is 2.54. The van der Waals surface area contributed by atoms with Gasteiger partial charge in [-0.3, -0.25) is 10.1 Å². The van der Waals surface area contributed by atoms with E-state index in [9.17, 15) is 19.7 Å². The van der Waals surface area contributed by atoms with Crippen LogP contribution in [0.15, 0.2) is 54.7 Å². The molecular formula is C24H25N3O6. The summed E-state index contributed by atoms with van der Waals surface area (Å²) in [5, 5.41) is 14.5. The zero-order valence-electron chi connectivity index (χ0n) is 18.6. The number of esters is 1. The standard InChI is InChI=1S/C24H25N3O6/c1-23(2,3)33-22(29)26-24(12-19(24)18-13-25-20-7-5-4-6-17(18)20)21(28)32-14-15-8-10-16(11-9-15)27(30)31/h4-11,13,19,25H,12,14H2,1-3H3,(H,26,29). The highest BCUT2D eigenvalue weighted by molar-refractivity contribution is 5.94. The van der Waals surface area contributed by atoms with E-state index in [1.165, 1.54) is 24.3 Å². The van der Waals surface area contributed by atoms with Gasteiger partial charge in [0, 0.05) is 35.2 Å². The van der Waals surface area contributed by atoms with Crippen LogP contribution in [0.5, 0.6) is 0 Å². The number of nitrogens with one attached hydrogen (secondary N) is 2. The first-order chi connectivity index (χ1) is 15.6. The number of benzene rings is 2. The minimum absolute atomic E-state index is 0.0465. The van der Waals surface area contributed by atoms with Gasteiger partial charge >= 0.3 is 12.1 Å². The number of para-hydroxylation sites is 1. The maximum atomic E-state index is 13.2. The van der Waals surface area contributed by atoms with Crippen LogP contribution >= 0.6 is 0 Å². The first-order valence-electron chi connectivity index (χ1n) is 10.6. The van der Waals surface area contributed by atoms with Gasteiger partial charge in [-0.2, -0.15) is 0 Å². The van der Waals surface area contributed by atoms with Crippen molar-refractivity contribution in [3.63, 3.8) is 0 Å². The third kappa shape index (κ3) is 4.67. The molecule has 0 radical (unpaired) electrons. The number of fused-ring (bicyclic) bond motifs is 1. The summed E-state index contributed by atoms with van der Waals surface area (Å²) in [6.07, 6.45) is 1.52. The van der Waals surface area contributed by atoms with Gasteiger partial charge in [-0.1, -0.05) is 18.2 Å². The summed E-state index contributed by atoms with van der Waals surface area (Å²) in [6.45, 7) is 5.16. The summed E-state index contributed by atoms with van der Waals surface area (Å²) in [6, 6.07) is 13.5. The van der Waals surface area contributed by atoms with E-state index in [2.05, 4.69) is 10.3 Å². The molecule has 1 aliphatic carbocycles. The van der Waals surface area contributed by atoms with Crippen molar-refractivity contribution in [2.45, 2.75) is 50.9 Å². The normalized spacial score (nSPS) is 19.7. The Balaban J connectivity index is 1.54. The quantitative estimate of drug-likeness (QED) is 0.321. The molecule has 1 heterocycles. The van der Waals surface area contributed by atoms with Crippen LogP contribution in [0.4, 0.5) is 10.5 Å². The van der Waals surface area contributed by atoms with Crippen molar-refractivity contribution in [3.8, 4) is 0 Å². The van der Waals surface area contributed by atoms with Gasteiger partial charge < -0.3 is 19.8 Å².